The lowest BCUT2D eigenvalue weighted by Crippen LogP contribution is -2.15. The number of aromatic nitrogens is 2. The zero-order chi connectivity index (χ0) is 9.90. The standard InChI is InChI=1S/C6H10N4O2S/c1-10-5-6(4-8-10)3-7-9-13(2,11)12/h3-5,9H,1-2H3/b7-3+. The molecule has 13 heavy (non-hydrogen) atoms. The molecular weight excluding hydrogens is 192 g/mol. The van der Waals surface area contributed by atoms with E-state index in [9.17, 15) is 8.42 Å². The molecule has 1 aromatic rings. The molecule has 0 saturated heterocycles. The van der Waals surface area contributed by atoms with Crippen LogP contribution in [-0.2, 0) is 17.1 Å². The minimum absolute atomic E-state index is 0.735. The van der Waals surface area contributed by atoms with Gasteiger partial charge in [0.15, 0.2) is 0 Å². The third-order valence-electron chi connectivity index (χ3n) is 1.16. The van der Waals surface area contributed by atoms with E-state index in [1.165, 1.54) is 6.21 Å². The summed E-state index contributed by atoms with van der Waals surface area (Å²) in [4.78, 5) is 1.98. The summed E-state index contributed by atoms with van der Waals surface area (Å²) in [6.07, 6.45) is 5.71. The number of rotatable bonds is 3. The molecular formula is C6H10N4O2S. The second-order valence-electron chi connectivity index (χ2n) is 2.57. The number of hydrogen-bond donors (Lipinski definition) is 1. The van der Waals surface area contributed by atoms with Gasteiger partial charge in [0, 0.05) is 18.8 Å². The van der Waals surface area contributed by atoms with Crippen LogP contribution in [0, 0.1) is 0 Å². The van der Waals surface area contributed by atoms with Crippen LogP contribution in [0.15, 0.2) is 17.5 Å². The zero-order valence-corrected chi connectivity index (χ0v) is 8.11. The molecule has 0 saturated carbocycles. The summed E-state index contributed by atoms with van der Waals surface area (Å²) in [5, 5.41) is 7.39. The highest BCUT2D eigenvalue weighted by Crippen LogP contribution is 1.90. The maximum atomic E-state index is 10.6. The van der Waals surface area contributed by atoms with Gasteiger partial charge in [-0.25, -0.2) is 13.2 Å². The van der Waals surface area contributed by atoms with E-state index in [0.29, 0.717) is 0 Å². The molecule has 0 spiro atoms. The number of hydrogen-bond acceptors (Lipinski definition) is 4. The largest absolute Gasteiger partial charge is 0.275 e. The maximum Gasteiger partial charge on any atom is 0.244 e. The Balaban J connectivity index is 2.60. The van der Waals surface area contributed by atoms with Crippen molar-refractivity contribution in [1.29, 1.82) is 0 Å². The van der Waals surface area contributed by atoms with Crippen LogP contribution >= 0.6 is 0 Å². The van der Waals surface area contributed by atoms with E-state index in [0.717, 1.165) is 11.8 Å². The lowest BCUT2D eigenvalue weighted by molar-refractivity contribution is 0.591. The van der Waals surface area contributed by atoms with Crippen LogP contribution in [0.1, 0.15) is 5.56 Å². The highest BCUT2D eigenvalue weighted by molar-refractivity contribution is 7.88. The summed E-state index contributed by atoms with van der Waals surface area (Å²) in [5.41, 5.74) is 0.735. The lowest BCUT2D eigenvalue weighted by atomic mass is 10.4. The fourth-order valence-electron chi connectivity index (χ4n) is 0.703. The van der Waals surface area contributed by atoms with Gasteiger partial charge in [-0.15, -0.1) is 0 Å². The number of hydrazone groups is 1. The average molecular weight is 202 g/mol. The van der Waals surface area contributed by atoms with Gasteiger partial charge in [0.05, 0.1) is 18.7 Å². The van der Waals surface area contributed by atoms with Gasteiger partial charge in [-0.3, -0.25) is 4.68 Å². The van der Waals surface area contributed by atoms with Crippen LogP contribution in [0.2, 0.25) is 0 Å². The van der Waals surface area contributed by atoms with Crippen molar-refractivity contribution >= 4 is 16.2 Å². The van der Waals surface area contributed by atoms with E-state index in [1.807, 2.05) is 4.83 Å². The van der Waals surface area contributed by atoms with Gasteiger partial charge < -0.3 is 0 Å². The highest BCUT2D eigenvalue weighted by atomic mass is 32.2. The van der Waals surface area contributed by atoms with E-state index in [1.54, 1.807) is 24.1 Å². The Bertz CT molecular complexity index is 406. The molecule has 0 aliphatic rings. The minimum Gasteiger partial charge on any atom is -0.275 e. The normalized spacial score (nSPS) is 12.2. The fraction of sp³-hybridized carbons (Fsp3) is 0.333. The summed E-state index contributed by atoms with van der Waals surface area (Å²) < 4.78 is 22.8. The van der Waals surface area contributed by atoms with E-state index >= 15 is 0 Å². The van der Waals surface area contributed by atoms with Crippen LogP contribution in [-0.4, -0.2) is 30.7 Å². The Morgan fingerprint density at radius 1 is 1.69 bits per heavy atom. The number of sulfonamides is 1. The van der Waals surface area contributed by atoms with E-state index in [4.69, 9.17) is 0 Å². The van der Waals surface area contributed by atoms with Gasteiger partial charge in [0.1, 0.15) is 0 Å². The first-order valence-electron chi connectivity index (χ1n) is 3.46. The Morgan fingerprint density at radius 2 is 2.38 bits per heavy atom. The first kappa shape index (κ1) is 9.72. The molecule has 7 heteroatoms. The van der Waals surface area contributed by atoms with Crippen molar-refractivity contribution < 1.29 is 8.42 Å². The maximum absolute atomic E-state index is 10.6. The molecule has 1 heterocycles. The number of aryl methyl sites for hydroxylation is 1. The molecule has 1 rings (SSSR count). The van der Waals surface area contributed by atoms with Gasteiger partial charge in [0.2, 0.25) is 10.0 Å². The third-order valence-corrected chi connectivity index (χ3v) is 1.59. The fourth-order valence-corrected chi connectivity index (χ4v) is 0.948. The Morgan fingerprint density at radius 3 is 2.85 bits per heavy atom. The summed E-state index contributed by atoms with van der Waals surface area (Å²) in [7, 11) is -1.50. The molecule has 0 aliphatic carbocycles. The Kier molecular flexibility index (Phi) is 2.66. The first-order valence-corrected chi connectivity index (χ1v) is 5.35. The summed E-state index contributed by atoms with van der Waals surface area (Å²) in [5.74, 6) is 0. The second kappa shape index (κ2) is 3.56. The number of nitrogens with zero attached hydrogens (tertiary/aromatic N) is 3. The van der Waals surface area contributed by atoms with Crippen molar-refractivity contribution in [3.05, 3.63) is 18.0 Å². The van der Waals surface area contributed by atoms with E-state index in [2.05, 4.69) is 10.2 Å². The van der Waals surface area contributed by atoms with Crippen molar-refractivity contribution in [3.8, 4) is 0 Å². The van der Waals surface area contributed by atoms with Gasteiger partial charge in [-0.05, 0) is 0 Å². The molecule has 0 aliphatic heterocycles. The van der Waals surface area contributed by atoms with Crippen LogP contribution in [0.3, 0.4) is 0 Å². The SMILES string of the molecule is Cn1cc(/C=N/NS(C)(=O)=O)cn1. The van der Waals surface area contributed by atoms with Crippen LogP contribution in [0.4, 0.5) is 0 Å². The molecule has 6 nitrogen and oxygen atoms in total. The topological polar surface area (TPSA) is 76.3 Å². The van der Waals surface area contributed by atoms with E-state index in [-0.39, 0.29) is 0 Å². The Hall–Kier alpha value is -1.37. The lowest BCUT2D eigenvalue weighted by Gasteiger charge is -1.92. The molecule has 72 valence electrons. The summed E-state index contributed by atoms with van der Waals surface area (Å²) in [6.45, 7) is 0. The molecule has 0 bridgehead atoms. The highest BCUT2D eigenvalue weighted by Gasteiger charge is 1.95. The zero-order valence-electron chi connectivity index (χ0n) is 7.30. The first-order chi connectivity index (χ1) is 5.97. The van der Waals surface area contributed by atoms with Crippen LogP contribution < -0.4 is 4.83 Å². The molecule has 0 aromatic carbocycles. The second-order valence-corrected chi connectivity index (χ2v) is 4.30. The van der Waals surface area contributed by atoms with Gasteiger partial charge in [-0.2, -0.15) is 10.2 Å². The smallest absolute Gasteiger partial charge is 0.244 e. The monoisotopic (exact) mass is 202 g/mol. The van der Waals surface area contributed by atoms with Crippen molar-refractivity contribution in [3.63, 3.8) is 0 Å². The molecule has 0 atom stereocenters. The molecule has 0 amide bonds. The summed E-state index contributed by atoms with van der Waals surface area (Å²) in [6, 6.07) is 0. The van der Waals surface area contributed by atoms with Gasteiger partial charge in [-0.1, -0.05) is 0 Å². The molecule has 0 fully saturated rings. The van der Waals surface area contributed by atoms with Gasteiger partial charge in [0.25, 0.3) is 0 Å². The molecule has 0 radical (unpaired) electrons. The number of nitrogens with one attached hydrogen (secondary N) is 1. The summed E-state index contributed by atoms with van der Waals surface area (Å²) >= 11 is 0. The average Bonchev–Trinajstić information content (AvgIpc) is 2.33. The van der Waals surface area contributed by atoms with Gasteiger partial charge >= 0.3 is 0 Å². The predicted octanol–water partition coefficient (Wildman–Crippen LogP) is -0.697. The van der Waals surface area contributed by atoms with E-state index < -0.39 is 10.0 Å². The molecule has 1 aromatic heterocycles. The quantitative estimate of drug-likeness (QED) is 0.520. The Labute approximate surface area is 76.3 Å². The van der Waals surface area contributed by atoms with Crippen molar-refractivity contribution in [2.75, 3.05) is 6.26 Å². The van der Waals surface area contributed by atoms with Crippen LogP contribution in [0.25, 0.3) is 0 Å². The molecule has 1 N–H and O–H groups in total. The third kappa shape index (κ3) is 3.70. The van der Waals surface area contributed by atoms with Crippen molar-refractivity contribution in [1.82, 2.24) is 14.6 Å². The van der Waals surface area contributed by atoms with Crippen molar-refractivity contribution in [2.45, 2.75) is 0 Å². The van der Waals surface area contributed by atoms with Crippen molar-refractivity contribution in [2.24, 2.45) is 12.1 Å². The molecule has 0 unspecified atom stereocenters. The predicted molar refractivity (Wildman–Crippen MR) is 48.8 cm³/mol. The minimum atomic E-state index is -3.26. The van der Waals surface area contributed by atoms with Crippen LogP contribution in [0.5, 0.6) is 0 Å².